The first kappa shape index (κ1) is 13.0. The number of benzene rings is 1. The quantitative estimate of drug-likeness (QED) is 0.911. The van der Waals surface area contributed by atoms with Crippen LogP contribution in [0.5, 0.6) is 0 Å². The van der Waals surface area contributed by atoms with E-state index in [9.17, 15) is 9.59 Å². The van der Waals surface area contributed by atoms with E-state index >= 15 is 0 Å². The van der Waals surface area contributed by atoms with Gasteiger partial charge in [0.05, 0.1) is 5.92 Å². The molecule has 20 heavy (non-hydrogen) atoms. The fraction of sp³-hybridized carbons (Fsp3) is 0.467. The number of anilines is 2. The molecule has 5 nitrogen and oxygen atoms in total. The lowest BCUT2D eigenvalue weighted by Crippen LogP contribution is -2.26. The Morgan fingerprint density at radius 2 is 1.90 bits per heavy atom. The minimum Gasteiger partial charge on any atom is -0.481 e. The first-order valence-corrected chi connectivity index (χ1v) is 7.03. The molecule has 2 heterocycles. The second-order valence-corrected chi connectivity index (χ2v) is 5.46. The van der Waals surface area contributed by atoms with Crippen molar-refractivity contribution in [1.29, 1.82) is 0 Å². The smallest absolute Gasteiger partial charge is 0.308 e. The van der Waals surface area contributed by atoms with Crippen LogP contribution in [0.25, 0.3) is 0 Å². The van der Waals surface area contributed by atoms with E-state index in [0.29, 0.717) is 0 Å². The van der Waals surface area contributed by atoms with Gasteiger partial charge in [-0.2, -0.15) is 0 Å². The highest BCUT2D eigenvalue weighted by Crippen LogP contribution is 2.29. The van der Waals surface area contributed by atoms with Crippen molar-refractivity contribution >= 4 is 23.3 Å². The summed E-state index contributed by atoms with van der Waals surface area (Å²) in [4.78, 5) is 26.9. The number of carboxylic acid groups (broad SMARTS) is 1. The number of nitrogens with zero attached hydrogens (tertiary/aromatic N) is 2. The Morgan fingerprint density at radius 1 is 1.20 bits per heavy atom. The maximum absolute atomic E-state index is 12.0. The van der Waals surface area contributed by atoms with E-state index in [4.69, 9.17) is 5.11 Å². The van der Waals surface area contributed by atoms with Crippen molar-refractivity contribution in [3.05, 3.63) is 24.3 Å². The van der Waals surface area contributed by atoms with E-state index in [0.717, 1.165) is 24.5 Å². The molecule has 1 aromatic rings. The van der Waals surface area contributed by atoms with Gasteiger partial charge in [-0.1, -0.05) is 6.07 Å². The summed E-state index contributed by atoms with van der Waals surface area (Å²) in [7, 11) is 0. The van der Waals surface area contributed by atoms with Crippen molar-refractivity contribution in [2.45, 2.75) is 19.3 Å². The number of carbonyl (C=O) groups excluding carboxylic acids is 1. The van der Waals surface area contributed by atoms with E-state index in [1.165, 1.54) is 12.8 Å². The maximum atomic E-state index is 12.0. The van der Waals surface area contributed by atoms with E-state index in [1.54, 1.807) is 4.90 Å². The molecule has 106 valence electrons. The molecule has 3 rings (SSSR count). The minimum absolute atomic E-state index is 0.100. The lowest BCUT2D eigenvalue weighted by molar-refractivity contribution is -0.141. The number of amides is 1. The van der Waals surface area contributed by atoms with Crippen LogP contribution in [-0.2, 0) is 9.59 Å². The Hall–Kier alpha value is -2.04. The Labute approximate surface area is 117 Å². The van der Waals surface area contributed by atoms with Gasteiger partial charge in [-0.05, 0) is 31.0 Å². The number of rotatable bonds is 3. The van der Waals surface area contributed by atoms with Crippen LogP contribution < -0.4 is 9.80 Å². The van der Waals surface area contributed by atoms with Gasteiger partial charge in [0, 0.05) is 37.4 Å². The molecule has 0 saturated carbocycles. The molecule has 0 aromatic heterocycles. The first-order chi connectivity index (χ1) is 9.65. The maximum Gasteiger partial charge on any atom is 0.308 e. The van der Waals surface area contributed by atoms with Crippen LogP contribution in [-0.4, -0.2) is 36.6 Å². The van der Waals surface area contributed by atoms with Crippen molar-refractivity contribution in [3.8, 4) is 0 Å². The van der Waals surface area contributed by atoms with E-state index in [2.05, 4.69) is 4.90 Å². The Kier molecular flexibility index (Phi) is 3.34. The summed E-state index contributed by atoms with van der Waals surface area (Å²) in [6.45, 7) is 2.38. The van der Waals surface area contributed by atoms with Crippen LogP contribution in [0.1, 0.15) is 19.3 Å². The lowest BCUT2D eigenvalue weighted by atomic mass is 10.1. The topological polar surface area (TPSA) is 60.9 Å². The van der Waals surface area contributed by atoms with Crippen molar-refractivity contribution in [3.63, 3.8) is 0 Å². The minimum atomic E-state index is -0.892. The standard InChI is InChI=1S/C15H18N2O3/c18-14-8-11(15(19)20)10-17(14)13-5-3-4-12(9-13)16-6-1-2-7-16/h3-5,9,11H,1-2,6-8,10H2,(H,19,20). The third-order valence-electron chi connectivity index (χ3n) is 4.09. The highest BCUT2D eigenvalue weighted by atomic mass is 16.4. The molecule has 1 unspecified atom stereocenters. The van der Waals surface area contributed by atoms with E-state index in [1.807, 2.05) is 24.3 Å². The van der Waals surface area contributed by atoms with Gasteiger partial charge in [-0.25, -0.2) is 0 Å². The summed E-state index contributed by atoms with van der Waals surface area (Å²) in [5.41, 5.74) is 1.93. The number of aliphatic carboxylic acids is 1. The summed E-state index contributed by atoms with van der Waals surface area (Å²) in [5, 5.41) is 9.04. The average molecular weight is 274 g/mol. The molecule has 0 radical (unpaired) electrons. The van der Waals surface area contributed by atoms with Crippen molar-refractivity contribution in [1.82, 2.24) is 0 Å². The molecule has 1 N–H and O–H groups in total. The third-order valence-corrected chi connectivity index (χ3v) is 4.09. The molecule has 0 bridgehead atoms. The van der Waals surface area contributed by atoms with Crippen LogP contribution in [0.3, 0.4) is 0 Å². The van der Waals surface area contributed by atoms with Gasteiger partial charge in [0.2, 0.25) is 5.91 Å². The molecule has 2 saturated heterocycles. The number of hydrogen-bond donors (Lipinski definition) is 1. The predicted molar refractivity (Wildman–Crippen MR) is 76.0 cm³/mol. The van der Waals surface area contributed by atoms with E-state index in [-0.39, 0.29) is 18.9 Å². The SMILES string of the molecule is O=C(O)C1CC(=O)N(c2cccc(N3CCCC3)c2)C1. The summed E-state index contributed by atoms with van der Waals surface area (Å²) in [6.07, 6.45) is 2.51. The van der Waals surface area contributed by atoms with Crippen LogP contribution in [0.15, 0.2) is 24.3 Å². The van der Waals surface area contributed by atoms with Crippen molar-refractivity contribution in [2.75, 3.05) is 29.4 Å². The molecular formula is C15H18N2O3. The monoisotopic (exact) mass is 274 g/mol. The molecule has 1 amide bonds. The second-order valence-electron chi connectivity index (χ2n) is 5.46. The van der Waals surface area contributed by atoms with Crippen molar-refractivity contribution in [2.24, 2.45) is 5.92 Å². The third kappa shape index (κ3) is 2.35. The second kappa shape index (κ2) is 5.15. The molecule has 2 aliphatic heterocycles. The summed E-state index contributed by atoms with van der Waals surface area (Å²) in [6, 6.07) is 7.85. The van der Waals surface area contributed by atoms with Gasteiger partial charge < -0.3 is 14.9 Å². The largest absolute Gasteiger partial charge is 0.481 e. The van der Waals surface area contributed by atoms with Gasteiger partial charge >= 0.3 is 5.97 Å². The zero-order valence-corrected chi connectivity index (χ0v) is 11.3. The van der Waals surface area contributed by atoms with Gasteiger partial charge in [0.1, 0.15) is 0 Å². The fourth-order valence-electron chi connectivity index (χ4n) is 2.96. The lowest BCUT2D eigenvalue weighted by Gasteiger charge is -2.21. The normalized spacial score (nSPS) is 22.6. The molecule has 2 aliphatic rings. The van der Waals surface area contributed by atoms with E-state index < -0.39 is 11.9 Å². The number of hydrogen-bond acceptors (Lipinski definition) is 3. The highest BCUT2D eigenvalue weighted by Gasteiger charge is 2.35. The Balaban J connectivity index is 1.81. The van der Waals surface area contributed by atoms with Crippen LogP contribution in [0.4, 0.5) is 11.4 Å². The summed E-state index contributed by atoms with van der Waals surface area (Å²) in [5.74, 6) is -1.58. The zero-order valence-electron chi connectivity index (χ0n) is 11.3. The summed E-state index contributed by atoms with van der Waals surface area (Å²) >= 11 is 0. The Bertz CT molecular complexity index is 538. The van der Waals surface area contributed by atoms with Crippen LogP contribution in [0.2, 0.25) is 0 Å². The average Bonchev–Trinajstić information content (AvgIpc) is 3.08. The van der Waals surface area contributed by atoms with Gasteiger partial charge in [0.25, 0.3) is 0 Å². The zero-order chi connectivity index (χ0) is 14.1. The highest BCUT2D eigenvalue weighted by molar-refractivity contribution is 5.99. The molecule has 1 atom stereocenters. The fourth-order valence-corrected chi connectivity index (χ4v) is 2.96. The Morgan fingerprint density at radius 3 is 2.55 bits per heavy atom. The number of carbonyl (C=O) groups is 2. The van der Waals surface area contributed by atoms with Crippen molar-refractivity contribution < 1.29 is 14.7 Å². The molecule has 1 aromatic carbocycles. The van der Waals surface area contributed by atoms with Crippen LogP contribution in [0, 0.1) is 5.92 Å². The predicted octanol–water partition coefficient (Wildman–Crippen LogP) is 1.72. The summed E-state index contributed by atoms with van der Waals surface area (Å²) < 4.78 is 0. The van der Waals surface area contributed by atoms with Gasteiger partial charge in [0.15, 0.2) is 0 Å². The van der Waals surface area contributed by atoms with Crippen LogP contribution >= 0.6 is 0 Å². The molecule has 5 heteroatoms. The molecule has 2 fully saturated rings. The molecule has 0 spiro atoms. The molecule has 0 aliphatic carbocycles. The number of carboxylic acids is 1. The molecular weight excluding hydrogens is 256 g/mol. The van der Waals surface area contributed by atoms with Gasteiger partial charge in [-0.3, -0.25) is 9.59 Å². The van der Waals surface area contributed by atoms with Gasteiger partial charge in [-0.15, -0.1) is 0 Å². The first-order valence-electron chi connectivity index (χ1n) is 7.03.